The fourth-order valence-corrected chi connectivity index (χ4v) is 2.51. The van der Waals surface area contributed by atoms with E-state index < -0.39 is 0 Å². The van der Waals surface area contributed by atoms with E-state index in [-0.39, 0.29) is 0 Å². The Labute approximate surface area is 100 Å². The molecule has 1 heterocycles. The van der Waals surface area contributed by atoms with Crippen molar-refractivity contribution in [1.29, 1.82) is 0 Å². The molecule has 0 spiro atoms. The van der Waals surface area contributed by atoms with E-state index in [2.05, 4.69) is 54.2 Å². The maximum atomic E-state index is 4.04. The molecule has 0 radical (unpaired) electrons. The molecule has 1 aliphatic carbocycles. The lowest BCUT2D eigenvalue weighted by molar-refractivity contribution is 0.647. The number of aromatic nitrogens is 2. The van der Waals surface area contributed by atoms with E-state index in [0.717, 1.165) is 9.21 Å². The summed E-state index contributed by atoms with van der Waals surface area (Å²) < 4.78 is 1.66. The third kappa shape index (κ3) is 2.23. The van der Waals surface area contributed by atoms with Crippen LogP contribution in [0.4, 0.5) is 0 Å². The molecule has 4 heteroatoms. The van der Waals surface area contributed by atoms with Gasteiger partial charge in [-0.05, 0) is 62.8 Å². The van der Waals surface area contributed by atoms with Gasteiger partial charge >= 0.3 is 0 Å². The summed E-state index contributed by atoms with van der Waals surface area (Å²) in [4.78, 5) is 0. The van der Waals surface area contributed by atoms with Crippen LogP contribution >= 0.6 is 31.9 Å². The third-order valence-electron chi connectivity index (χ3n) is 2.40. The van der Waals surface area contributed by atoms with Gasteiger partial charge in [0.1, 0.15) is 9.21 Å². The van der Waals surface area contributed by atoms with Crippen LogP contribution in [0.1, 0.15) is 30.7 Å². The normalized spacial score (nSPS) is 21.1. The van der Waals surface area contributed by atoms with Crippen molar-refractivity contribution < 1.29 is 0 Å². The Morgan fingerprint density at radius 3 is 2.86 bits per heavy atom. The Bertz CT molecular complexity index is 363. The molecule has 1 aliphatic rings. The molecular formula is C10H10Br2N2. The van der Waals surface area contributed by atoms with E-state index in [1.165, 1.54) is 24.8 Å². The molecule has 2 nitrogen and oxygen atoms in total. The van der Waals surface area contributed by atoms with E-state index in [0.29, 0.717) is 5.92 Å². The zero-order valence-electron chi connectivity index (χ0n) is 7.58. The van der Waals surface area contributed by atoms with Crippen LogP contribution in [0.5, 0.6) is 0 Å². The molecule has 1 aromatic rings. The van der Waals surface area contributed by atoms with E-state index in [4.69, 9.17) is 0 Å². The summed E-state index contributed by atoms with van der Waals surface area (Å²) >= 11 is 6.78. The largest absolute Gasteiger partial charge is 0.142 e. The standard InChI is InChI=1S/C10H10Br2N2/c11-9-6-8(10(12)14-13-9)7-4-2-1-3-5-7/h2,4,6-7H,1,3,5H2. The van der Waals surface area contributed by atoms with Gasteiger partial charge in [0.15, 0.2) is 0 Å². The van der Waals surface area contributed by atoms with Crippen molar-refractivity contribution >= 4 is 31.9 Å². The molecule has 0 aliphatic heterocycles. The first-order valence-corrected chi connectivity index (χ1v) is 6.21. The van der Waals surface area contributed by atoms with Gasteiger partial charge in [-0.25, -0.2) is 0 Å². The van der Waals surface area contributed by atoms with Crippen molar-refractivity contribution in [2.24, 2.45) is 0 Å². The molecule has 0 aromatic carbocycles. The van der Waals surface area contributed by atoms with Crippen molar-refractivity contribution in [1.82, 2.24) is 10.2 Å². The highest BCUT2D eigenvalue weighted by Gasteiger charge is 2.15. The molecule has 14 heavy (non-hydrogen) atoms. The predicted octanol–water partition coefficient (Wildman–Crippen LogP) is 3.83. The average molecular weight is 318 g/mol. The number of hydrogen-bond donors (Lipinski definition) is 0. The minimum absolute atomic E-state index is 0.491. The summed E-state index contributed by atoms with van der Waals surface area (Å²) in [5.74, 6) is 0.491. The number of nitrogens with zero attached hydrogens (tertiary/aromatic N) is 2. The van der Waals surface area contributed by atoms with E-state index in [1.807, 2.05) is 6.07 Å². The average Bonchev–Trinajstić information content (AvgIpc) is 2.23. The second-order valence-corrected chi connectivity index (χ2v) is 4.94. The van der Waals surface area contributed by atoms with Crippen molar-refractivity contribution in [2.45, 2.75) is 25.2 Å². The van der Waals surface area contributed by atoms with Gasteiger partial charge < -0.3 is 0 Å². The van der Waals surface area contributed by atoms with E-state index in [9.17, 15) is 0 Å². The molecule has 0 N–H and O–H groups in total. The van der Waals surface area contributed by atoms with Gasteiger partial charge in [0, 0.05) is 5.92 Å². The zero-order chi connectivity index (χ0) is 9.97. The van der Waals surface area contributed by atoms with Gasteiger partial charge in [-0.3, -0.25) is 0 Å². The van der Waals surface area contributed by atoms with Gasteiger partial charge in [0.05, 0.1) is 0 Å². The van der Waals surface area contributed by atoms with Crippen LogP contribution in [0, 0.1) is 0 Å². The minimum atomic E-state index is 0.491. The van der Waals surface area contributed by atoms with Gasteiger partial charge in [0.2, 0.25) is 0 Å². The van der Waals surface area contributed by atoms with E-state index in [1.54, 1.807) is 0 Å². The summed E-state index contributed by atoms with van der Waals surface area (Å²) in [6.45, 7) is 0. The van der Waals surface area contributed by atoms with Crippen molar-refractivity contribution in [3.63, 3.8) is 0 Å². The molecular weight excluding hydrogens is 308 g/mol. The van der Waals surface area contributed by atoms with E-state index >= 15 is 0 Å². The maximum absolute atomic E-state index is 4.04. The Hall–Kier alpha value is -0.220. The lowest BCUT2D eigenvalue weighted by atomic mass is 9.91. The van der Waals surface area contributed by atoms with Crippen LogP contribution in [0.3, 0.4) is 0 Å². The first kappa shape index (κ1) is 10.3. The Morgan fingerprint density at radius 2 is 2.14 bits per heavy atom. The zero-order valence-corrected chi connectivity index (χ0v) is 10.8. The quantitative estimate of drug-likeness (QED) is 0.736. The van der Waals surface area contributed by atoms with Crippen LogP contribution in [-0.2, 0) is 0 Å². The number of rotatable bonds is 1. The smallest absolute Gasteiger partial charge is 0.132 e. The van der Waals surface area contributed by atoms with Crippen molar-refractivity contribution in [2.75, 3.05) is 0 Å². The fourth-order valence-electron chi connectivity index (χ4n) is 1.70. The van der Waals surface area contributed by atoms with Gasteiger partial charge in [0.25, 0.3) is 0 Å². The Morgan fingerprint density at radius 1 is 1.29 bits per heavy atom. The molecule has 2 rings (SSSR count). The summed E-state index contributed by atoms with van der Waals surface area (Å²) in [5, 5.41) is 7.97. The second kappa shape index (κ2) is 4.53. The highest BCUT2D eigenvalue weighted by Crippen LogP contribution is 2.32. The molecule has 0 saturated carbocycles. The molecule has 1 atom stereocenters. The molecule has 1 unspecified atom stereocenters. The van der Waals surface area contributed by atoms with Crippen LogP contribution in [0.15, 0.2) is 27.4 Å². The SMILES string of the molecule is Brc1cc(C2C=CCCC2)c(Br)nn1. The second-order valence-electron chi connectivity index (χ2n) is 3.38. The van der Waals surface area contributed by atoms with Gasteiger partial charge in [-0.2, -0.15) is 0 Å². The highest BCUT2D eigenvalue weighted by molar-refractivity contribution is 9.10. The first-order valence-electron chi connectivity index (χ1n) is 4.62. The van der Waals surface area contributed by atoms with Crippen LogP contribution in [0.25, 0.3) is 0 Å². The van der Waals surface area contributed by atoms with Gasteiger partial charge in [-0.15, -0.1) is 10.2 Å². The molecule has 1 aromatic heterocycles. The summed E-state index contributed by atoms with van der Waals surface area (Å²) in [6, 6.07) is 2.04. The number of allylic oxidation sites excluding steroid dienone is 2. The van der Waals surface area contributed by atoms with Gasteiger partial charge in [-0.1, -0.05) is 12.2 Å². The monoisotopic (exact) mass is 316 g/mol. The summed E-state index contributed by atoms with van der Waals surface area (Å²) in [5.41, 5.74) is 1.22. The Kier molecular flexibility index (Phi) is 3.34. The third-order valence-corrected chi connectivity index (χ3v) is 3.40. The van der Waals surface area contributed by atoms with Crippen molar-refractivity contribution in [3.8, 4) is 0 Å². The topological polar surface area (TPSA) is 25.8 Å². The lowest BCUT2D eigenvalue weighted by Gasteiger charge is -2.17. The van der Waals surface area contributed by atoms with Crippen molar-refractivity contribution in [3.05, 3.63) is 33.0 Å². The molecule has 0 fully saturated rings. The molecule has 74 valence electrons. The Balaban J connectivity index is 2.34. The number of halogens is 2. The summed E-state index contributed by atoms with van der Waals surface area (Å²) in [7, 11) is 0. The summed E-state index contributed by atoms with van der Waals surface area (Å²) in [6.07, 6.45) is 8.17. The fraction of sp³-hybridized carbons (Fsp3) is 0.400. The minimum Gasteiger partial charge on any atom is -0.142 e. The van der Waals surface area contributed by atoms with Crippen LogP contribution in [-0.4, -0.2) is 10.2 Å². The lowest BCUT2D eigenvalue weighted by Crippen LogP contribution is -2.02. The first-order chi connectivity index (χ1) is 6.77. The maximum Gasteiger partial charge on any atom is 0.132 e. The van der Waals surface area contributed by atoms with Crippen LogP contribution < -0.4 is 0 Å². The molecule has 0 amide bonds. The molecule has 0 bridgehead atoms. The predicted molar refractivity (Wildman–Crippen MR) is 63.2 cm³/mol. The van der Waals surface area contributed by atoms with Crippen LogP contribution in [0.2, 0.25) is 0 Å². The number of hydrogen-bond acceptors (Lipinski definition) is 2. The molecule has 0 saturated heterocycles. The highest BCUT2D eigenvalue weighted by atomic mass is 79.9.